The summed E-state index contributed by atoms with van der Waals surface area (Å²) in [6, 6.07) is 10.5. The number of carbonyl (C=O) groups is 2. The molecule has 1 aromatic rings. The predicted molar refractivity (Wildman–Crippen MR) is 81.0 cm³/mol. The first-order valence-corrected chi connectivity index (χ1v) is 7.59. The van der Waals surface area contributed by atoms with Gasteiger partial charge in [-0.1, -0.05) is 30.3 Å². The van der Waals surface area contributed by atoms with E-state index in [0.29, 0.717) is 12.5 Å². The molecule has 0 saturated heterocycles. The zero-order chi connectivity index (χ0) is 15.2. The zero-order valence-corrected chi connectivity index (χ0v) is 12.5. The number of benzene rings is 1. The van der Waals surface area contributed by atoms with E-state index in [1.54, 1.807) is 11.9 Å². The molecule has 114 valence electrons. The first-order valence-electron chi connectivity index (χ1n) is 7.59. The molecule has 0 aromatic heterocycles. The van der Waals surface area contributed by atoms with Crippen LogP contribution in [0, 0.1) is 5.92 Å². The van der Waals surface area contributed by atoms with Gasteiger partial charge in [-0.3, -0.25) is 9.59 Å². The Morgan fingerprint density at radius 1 is 1.14 bits per heavy atom. The summed E-state index contributed by atoms with van der Waals surface area (Å²) in [5.41, 5.74) is 1.36. The highest BCUT2D eigenvalue weighted by molar-refractivity contribution is 5.79. The topological polar surface area (TPSA) is 57.6 Å². The van der Waals surface area contributed by atoms with Gasteiger partial charge in [-0.15, -0.1) is 0 Å². The average molecular weight is 289 g/mol. The van der Waals surface area contributed by atoms with Crippen LogP contribution in [0.15, 0.2) is 30.3 Å². The van der Waals surface area contributed by atoms with Crippen LogP contribution in [0.25, 0.3) is 0 Å². The van der Waals surface area contributed by atoms with Crippen LogP contribution in [0.3, 0.4) is 0 Å². The minimum atomic E-state index is -0.859. The van der Waals surface area contributed by atoms with Gasteiger partial charge in [-0.2, -0.15) is 0 Å². The van der Waals surface area contributed by atoms with E-state index in [4.69, 9.17) is 5.11 Å². The summed E-state index contributed by atoms with van der Waals surface area (Å²) in [6.45, 7) is 0.298. The molecule has 1 aliphatic carbocycles. The molecule has 0 bridgehead atoms. The Kier molecular flexibility index (Phi) is 5.37. The number of nitrogens with zero attached hydrogens (tertiary/aromatic N) is 1. The number of aliphatic carboxylic acids is 1. The molecule has 1 aromatic carbocycles. The molecule has 4 heteroatoms. The van der Waals surface area contributed by atoms with Crippen LogP contribution in [0.4, 0.5) is 0 Å². The smallest absolute Gasteiger partial charge is 0.305 e. The van der Waals surface area contributed by atoms with Crippen LogP contribution in [-0.2, 0) is 9.59 Å². The quantitative estimate of drug-likeness (QED) is 0.906. The summed E-state index contributed by atoms with van der Waals surface area (Å²) >= 11 is 0. The molecule has 1 aliphatic rings. The van der Waals surface area contributed by atoms with E-state index < -0.39 is 5.97 Å². The molecule has 0 heterocycles. The van der Waals surface area contributed by atoms with E-state index >= 15 is 0 Å². The van der Waals surface area contributed by atoms with E-state index in [2.05, 4.69) is 24.3 Å². The molecular weight excluding hydrogens is 266 g/mol. The summed E-state index contributed by atoms with van der Waals surface area (Å²) in [5.74, 6) is -0.145. The minimum Gasteiger partial charge on any atom is -0.481 e. The zero-order valence-electron chi connectivity index (χ0n) is 12.5. The van der Waals surface area contributed by atoms with Crippen LogP contribution in [0.2, 0.25) is 0 Å². The standard InChI is InChI=1S/C17H23NO3/c1-18(12-11-16(19)20)17(21)15-9-7-14(8-10-15)13-5-3-2-4-6-13/h2-6,14-15H,7-12H2,1H3,(H,19,20). The Morgan fingerprint density at radius 3 is 2.33 bits per heavy atom. The molecule has 1 saturated carbocycles. The Morgan fingerprint density at radius 2 is 1.76 bits per heavy atom. The largest absolute Gasteiger partial charge is 0.481 e. The molecule has 0 spiro atoms. The van der Waals surface area contributed by atoms with Crippen molar-refractivity contribution >= 4 is 11.9 Å². The Balaban J connectivity index is 1.83. The van der Waals surface area contributed by atoms with Gasteiger partial charge in [0.25, 0.3) is 0 Å². The second kappa shape index (κ2) is 7.25. The van der Waals surface area contributed by atoms with Crippen LogP contribution >= 0.6 is 0 Å². The normalized spacial score (nSPS) is 21.8. The highest BCUT2D eigenvalue weighted by Crippen LogP contribution is 2.36. The molecule has 21 heavy (non-hydrogen) atoms. The number of hydrogen-bond donors (Lipinski definition) is 1. The van der Waals surface area contributed by atoms with Gasteiger partial charge in [-0.25, -0.2) is 0 Å². The van der Waals surface area contributed by atoms with Crippen molar-refractivity contribution in [3.8, 4) is 0 Å². The fraction of sp³-hybridized carbons (Fsp3) is 0.529. The van der Waals surface area contributed by atoms with Gasteiger partial charge < -0.3 is 10.0 Å². The molecule has 1 amide bonds. The second-order valence-corrected chi connectivity index (χ2v) is 5.86. The molecule has 0 atom stereocenters. The lowest BCUT2D eigenvalue weighted by molar-refractivity contribution is -0.139. The van der Waals surface area contributed by atoms with E-state index in [-0.39, 0.29) is 18.2 Å². The highest BCUT2D eigenvalue weighted by atomic mass is 16.4. The van der Waals surface area contributed by atoms with Crippen molar-refractivity contribution in [1.82, 2.24) is 4.90 Å². The van der Waals surface area contributed by atoms with Gasteiger partial charge in [-0.05, 0) is 37.2 Å². The van der Waals surface area contributed by atoms with E-state index in [1.807, 2.05) is 6.07 Å². The maximum Gasteiger partial charge on any atom is 0.305 e. The molecule has 4 nitrogen and oxygen atoms in total. The minimum absolute atomic E-state index is 0.0155. The van der Waals surface area contributed by atoms with Crippen molar-refractivity contribution in [3.05, 3.63) is 35.9 Å². The van der Waals surface area contributed by atoms with E-state index in [0.717, 1.165) is 25.7 Å². The number of rotatable bonds is 5. The van der Waals surface area contributed by atoms with Crippen molar-refractivity contribution in [2.24, 2.45) is 5.92 Å². The maximum atomic E-state index is 12.3. The summed E-state index contributed by atoms with van der Waals surface area (Å²) in [7, 11) is 1.70. The Hall–Kier alpha value is -1.84. The van der Waals surface area contributed by atoms with Crippen LogP contribution < -0.4 is 0 Å². The van der Waals surface area contributed by atoms with Gasteiger partial charge in [0.2, 0.25) is 5.91 Å². The van der Waals surface area contributed by atoms with Gasteiger partial charge >= 0.3 is 5.97 Å². The summed E-state index contributed by atoms with van der Waals surface area (Å²) in [5, 5.41) is 8.68. The van der Waals surface area contributed by atoms with Gasteiger partial charge in [0.15, 0.2) is 0 Å². The summed E-state index contributed by atoms with van der Waals surface area (Å²) < 4.78 is 0. The van der Waals surface area contributed by atoms with Crippen molar-refractivity contribution in [2.45, 2.75) is 38.0 Å². The van der Waals surface area contributed by atoms with Crippen molar-refractivity contribution in [1.29, 1.82) is 0 Å². The van der Waals surface area contributed by atoms with Crippen LogP contribution in [0.1, 0.15) is 43.6 Å². The molecule has 0 aliphatic heterocycles. The van der Waals surface area contributed by atoms with Gasteiger partial charge in [0.05, 0.1) is 6.42 Å². The molecule has 0 unspecified atom stereocenters. The number of carboxylic acids is 1. The molecule has 1 fully saturated rings. The van der Waals surface area contributed by atoms with Crippen molar-refractivity contribution < 1.29 is 14.7 Å². The first kappa shape index (κ1) is 15.5. The lowest BCUT2D eigenvalue weighted by Crippen LogP contribution is -2.36. The third-order valence-corrected chi connectivity index (χ3v) is 4.38. The summed E-state index contributed by atoms with van der Waals surface area (Å²) in [6.07, 6.45) is 3.88. The van der Waals surface area contributed by atoms with E-state index in [9.17, 15) is 9.59 Å². The number of carboxylic acid groups (broad SMARTS) is 1. The Bertz CT molecular complexity index is 478. The molecule has 0 radical (unpaired) electrons. The lowest BCUT2D eigenvalue weighted by atomic mass is 9.78. The van der Waals surface area contributed by atoms with Crippen LogP contribution in [0.5, 0.6) is 0 Å². The van der Waals surface area contributed by atoms with Gasteiger partial charge in [0.1, 0.15) is 0 Å². The highest BCUT2D eigenvalue weighted by Gasteiger charge is 2.28. The maximum absolute atomic E-state index is 12.3. The monoisotopic (exact) mass is 289 g/mol. The molecule has 1 N–H and O–H groups in total. The van der Waals surface area contributed by atoms with Crippen LogP contribution in [-0.4, -0.2) is 35.5 Å². The third kappa shape index (κ3) is 4.31. The first-order chi connectivity index (χ1) is 10.1. The Labute approximate surface area is 125 Å². The predicted octanol–water partition coefficient (Wildman–Crippen LogP) is 2.89. The second-order valence-electron chi connectivity index (χ2n) is 5.86. The lowest BCUT2D eigenvalue weighted by Gasteiger charge is -2.30. The number of hydrogen-bond acceptors (Lipinski definition) is 2. The third-order valence-electron chi connectivity index (χ3n) is 4.38. The molecule has 2 rings (SSSR count). The SMILES string of the molecule is CN(CCC(=O)O)C(=O)C1CCC(c2ccccc2)CC1. The van der Waals surface area contributed by atoms with Crippen molar-refractivity contribution in [2.75, 3.05) is 13.6 Å². The number of amides is 1. The van der Waals surface area contributed by atoms with Gasteiger partial charge in [0, 0.05) is 19.5 Å². The summed E-state index contributed by atoms with van der Waals surface area (Å²) in [4.78, 5) is 24.4. The number of carbonyl (C=O) groups excluding carboxylic acids is 1. The molecular formula is C17H23NO3. The fourth-order valence-electron chi connectivity index (χ4n) is 3.08. The average Bonchev–Trinajstić information content (AvgIpc) is 2.53. The fourth-order valence-corrected chi connectivity index (χ4v) is 3.08. The van der Waals surface area contributed by atoms with E-state index in [1.165, 1.54) is 5.56 Å². The van der Waals surface area contributed by atoms with Crippen molar-refractivity contribution in [3.63, 3.8) is 0 Å².